The van der Waals surface area contributed by atoms with E-state index in [4.69, 9.17) is 16.3 Å². The maximum absolute atomic E-state index is 9.58. The van der Waals surface area contributed by atoms with E-state index in [0.717, 1.165) is 23.3 Å². The van der Waals surface area contributed by atoms with Crippen molar-refractivity contribution >= 4 is 11.6 Å². The van der Waals surface area contributed by atoms with Crippen LogP contribution in [0.2, 0.25) is 5.02 Å². The Kier molecular flexibility index (Phi) is 4.83. The zero-order chi connectivity index (χ0) is 13.7. The average molecular weight is 277 g/mol. The molecule has 0 radical (unpaired) electrons. The van der Waals surface area contributed by atoms with Crippen LogP contribution in [-0.4, -0.2) is 18.8 Å². The predicted molar refractivity (Wildman–Crippen MR) is 78.0 cm³/mol. The van der Waals surface area contributed by atoms with Crippen LogP contribution in [-0.2, 0) is 6.42 Å². The van der Waals surface area contributed by atoms with Gasteiger partial charge in [-0.05, 0) is 35.7 Å². The maximum Gasteiger partial charge on any atom is 0.118 e. The summed E-state index contributed by atoms with van der Waals surface area (Å²) >= 11 is 6.18. The molecule has 0 bridgehead atoms. The number of hydrogen-bond donors (Lipinski definition) is 1. The fraction of sp³-hybridized carbons (Fsp3) is 0.250. The van der Waals surface area contributed by atoms with E-state index in [1.807, 2.05) is 48.5 Å². The van der Waals surface area contributed by atoms with Crippen LogP contribution in [0.1, 0.15) is 17.0 Å². The number of methoxy groups -OCH3 is 1. The van der Waals surface area contributed by atoms with Gasteiger partial charge in [-0.1, -0.05) is 41.9 Å². The Bertz CT molecular complexity index is 523. The van der Waals surface area contributed by atoms with Gasteiger partial charge in [-0.2, -0.15) is 0 Å². The molecule has 0 aliphatic heterocycles. The van der Waals surface area contributed by atoms with E-state index < -0.39 is 0 Å². The Balaban J connectivity index is 2.17. The molecule has 0 amide bonds. The van der Waals surface area contributed by atoms with E-state index in [1.165, 1.54) is 0 Å². The minimum Gasteiger partial charge on any atom is -0.497 e. The van der Waals surface area contributed by atoms with E-state index in [0.29, 0.717) is 5.02 Å². The molecular formula is C16H17ClO2. The molecule has 0 aliphatic carbocycles. The van der Waals surface area contributed by atoms with Gasteiger partial charge in [0.1, 0.15) is 5.75 Å². The fourth-order valence-corrected chi connectivity index (χ4v) is 2.42. The van der Waals surface area contributed by atoms with Gasteiger partial charge in [-0.15, -0.1) is 0 Å². The fourth-order valence-electron chi connectivity index (χ4n) is 2.13. The van der Waals surface area contributed by atoms with Crippen LogP contribution in [0.4, 0.5) is 0 Å². The van der Waals surface area contributed by atoms with Crippen molar-refractivity contribution in [2.24, 2.45) is 0 Å². The summed E-state index contributed by atoms with van der Waals surface area (Å²) in [5.74, 6) is 0.851. The van der Waals surface area contributed by atoms with Gasteiger partial charge in [0.2, 0.25) is 0 Å². The third kappa shape index (κ3) is 3.49. The van der Waals surface area contributed by atoms with Crippen molar-refractivity contribution in [1.29, 1.82) is 0 Å². The van der Waals surface area contributed by atoms with Gasteiger partial charge in [0, 0.05) is 10.9 Å². The van der Waals surface area contributed by atoms with Gasteiger partial charge in [0.05, 0.1) is 13.7 Å². The molecule has 0 aliphatic rings. The molecule has 19 heavy (non-hydrogen) atoms. The lowest BCUT2D eigenvalue weighted by molar-refractivity contribution is 0.264. The van der Waals surface area contributed by atoms with Crippen LogP contribution < -0.4 is 4.74 Å². The number of aliphatic hydroxyl groups excluding tert-OH is 1. The molecule has 0 aromatic heterocycles. The van der Waals surface area contributed by atoms with E-state index in [1.54, 1.807) is 7.11 Å². The number of ether oxygens (including phenoxy) is 1. The highest BCUT2D eigenvalue weighted by Gasteiger charge is 2.14. The lowest BCUT2D eigenvalue weighted by Gasteiger charge is -2.16. The first-order chi connectivity index (χ1) is 9.24. The summed E-state index contributed by atoms with van der Waals surface area (Å²) in [7, 11) is 1.65. The zero-order valence-electron chi connectivity index (χ0n) is 10.8. The number of halogens is 1. The van der Waals surface area contributed by atoms with Crippen LogP contribution in [0, 0.1) is 0 Å². The van der Waals surface area contributed by atoms with Crippen LogP contribution >= 0.6 is 11.6 Å². The van der Waals surface area contributed by atoms with Crippen molar-refractivity contribution in [1.82, 2.24) is 0 Å². The Morgan fingerprint density at radius 1 is 1.11 bits per heavy atom. The Morgan fingerprint density at radius 3 is 2.37 bits per heavy atom. The van der Waals surface area contributed by atoms with Crippen LogP contribution in [0.5, 0.6) is 5.75 Å². The van der Waals surface area contributed by atoms with Gasteiger partial charge in [-0.25, -0.2) is 0 Å². The van der Waals surface area contributed by atoms with Crippen LogP contribution in [0.3, 0.4) is 0 Å². The van der Waals surface area contributed by atoms with E-state index in [9.17, 15) is 5.11 Å². The average Bonchev–Trinajstić information content (AvgIpc) is 2.46. The molecule has 2 aromatic carbocycles. The molecule has 2 aromatic rings. The summed E-state index contributed by atoms with van der Waals surface area (Å²) in [6, 6.07) is 15.5. The second kappa shape index (κ2) is 6.60. The molecular weight excluding hydrogens is 260 g/mol. The molecule has 0 heterocycles. The standard InChI is InChI=1S/C16H17ClO2/c1-19-14-8-6-12(7-9-14)10-13(11-18)15-4-2-3-5-16(15)17/h2-9,13,18H,10-11H2,1H3. The monoisotopic (exact) mass is 276 g/mol. The summed E-state index contributed by atoms with van der Waals surface area (Å²) < 4.78 is 5.13. The highest BCUT2D eigenvalue weighted by Crippen LogP contribution is 2.27. The number of aliphatic hydroxyl groups is 1. The lowest BCUT2D eigenvalue weighted by Crippen LogP contribution is -2.08. The highest BCUT2D eigenvalue weighted by molar-refractivity contribution is 6.31. The number of hydrogen-bond acceptors (Lipinski definition) is 2. The quantitative estimate of drug-likeness (QED) is 0.903. The molecule has 0 saturated carbocycles. The van der Waals surface area contributed by atoms with E-state index >= 15 is 0 Å². The van der Waals surface area contributed by atoms with Crippen LogP contribution in [0.25, 0.3) is 0 Å². The number of benzene rings is 2. The molecule has 2 nitrogen and oxygen atoms in total. The third-order valence-corrected chi connectivity index (χ3v) is 3.55. The largest absolute Gasteiger partial charge is 0.497 e. The van der Waals surface area contributed by atoms with E-state index in [2.05, 4.69) is 0 Å². The van der Waals surface area contributed by atoms with Gasteiger partial charge in [0.25, 0.3) is 0 Å². The molecule has 1 atom stereocenters. The minimum absolute atomic E-state index is 0.0158. The van der Waals surface area contributed by atoms with Gasteiger partial charge in [0.15, 0.2) is 0 Å². The molecule has 100 valence electrons. The van der Waals surface area contributed by atoms with Crippen molar-refractivity contribution in [3.63, 3.8) is 0 Å². The first kappa shape index (κ1) is 13.9. The molecule has 1 unspecified atom stereocenters. The van der Waals surface area contributed by atoms with Crippen molar-refractivity contribution in [3.8, 4) is 5.75 Å². The summed E-state index contributed by atoms with van der Waals surface area (Å²) in [5.41, 5.74) is 2.14. The second-order valence-corrected chi connectivity index (χ2v) is 4.86. The maximum atomic E-state index is 9.58. The van der Waals surface area contributed by atoms with Crippen molar-refractivity contribution < 1.29 is 9.84 Å². The number of rotatable bonds is 5. The van der Waals surface area contributed by atoms with Gasteiger partial charge < -0.3 is 9.84 Å². The Labute approximate surface area is 118 Å². The first-order valence-electron chi connectivity index (χ1n) is 6.23. The zero-order valence-corrected chi connectivity index (χ0v) is 11.6. The first-order valence-corrected chi connectivity index (χ1v) is 6.60. The second-order valence-electron chi connectivity index (χ2n) is 4.45. The van der Waals surface area contributed by atoms with Gasteiger partial charge >= 0.3 is 0 Å². The molecule has 0 spiro atoms. The molecule has 3 heteroatoms. The van der Waals surface area contributed by atoms with Crippen molar-refractivity contribution in [3.05, 3.63) is 64.7 Å². The van der Waals surface area contributed by atoms with E-state index in [-0.39, 0.29) is 12.5 Å². The summed E-state index contributed by atoms with van der Waals surface area (Å²) in [6.07, 6.45) is 0.754. The topological polar surface area (TPSA) is 29.5 Å². The van der Waals surface area contributed by atoms with Gasteiger partial charge in [-0.3, -0.25) is 0 Å². The Morgan fingerprint density at radius 2 is 1.79 bits per heavy atom. The summed E-state index contributed by atoms with van der Waals surface area (Å²) in [4.78, 5) is 0. The normalized spacial score (nSPS) is 12.2. The lowest BCUT2D eigenvalue weighted by atomic mass is 9.92. The highest BCUT2D eigenvalue weighted by atomic mass is 35.5. The SMILES string of the molecule is COc1ccc(CC(CO)c2ccccc2Cl)cc1. The summed E-state index contributed by atoms with van der Waals surface area (Å²) in [6.45, 7) is 0.0791. The molecule has 0 saturated heterocycles. The Hall–Kier alpha value is -1.51. The third-order valence-electron chi connectivity index (χ3n) is 3.21. The van der Waals surface area contributed by atoms with Crippen molar-refractivity contribution in [2.75, 3.05) is 13.7 Å². The van der Waals surface area contributed by atoms with Crippen molar-refractivity contribution in [2.45, 2.75) is 12.3 Å². The predicted octanol–water partition coefficient (Wildman–Crippen LogP) is 3.67. The summed E-state index contributed by atoms with van der Waals surface area (Å²) in [5, 5.41) is 10.3. The van der Waals surface area contributed by atoms with Crippen LogP contribution in [0.15, 0.2) is 48.5 Å². The smallest absolute Gasteiger partial charge is 0.118 e. The molecule has 2 rings (SSSR count). The minimum atomic E-state index is 0.0158. The molecule has 1 N–H and O–H groups in total. The molecule has 0 fully saturated rings.